The SMILES string of the molecule is [H-].[H-].[H-].[H-].[Na+].[Na+].[Na+].[Na+].[O]=[Sb]([OH])([OH])[OH]. The van der Waals surface area contributed by atoms with Gasteiger partial charge in [0.1, 0.15) is 0 Å². The maximum absolute atomic E-state index is 8.97. The van der Waals surface area contributed by atoms with Crippen molar-refractivity contribution in [3.63, 3.8) is 0 Å². The molecule has 0 unspecified atom stereocenters. The summed E-state index contributed by atoms with van der Waals surface area (Å²) in [7, 11) is 0. The van der Waals surface area contributed by atoms with Crippen LogP contribution in [-0.4, -0.2) is 30.2 Å². The Morgan fingerprint density at radius 2 is 0.889 bits per heavy atom. The van der Waals surface area contributed by atoms with Gasteiger partial charge < -0.3 is 5.71 Å². The van der Waals surface area contributed by atoms with Crippen molar-refractivity contribution < 1.29 is 137 Å². The first-order valence-corrected chi connectivity index (χ1v) is 5.25. The van der Waals surface area contributed by atoms with E-state index in [2.05, 4.69) is 0 Å². The summed E-state index contributed by atoms with van der Waals surface area (Å²) in [6.07, 6.45) is 0. The molecule has 0 radical (unpaired) electrons. The number of hydrogen-bond donors (Lipinski definition) is 3. The van der Waals surface area contributed by atoms with Crippen LogP contribution in [0.5, 0.6) is 0 Å². The quantitative estimate of drug-likeness (QED) is 0.386. The molecule has 0 saturated heterocycles. The second-order valence-corrected chi connectivity index (χ2v) is 3.44. The molecule has 0 aliphatic rings. The molecule has 0 aliphatic heterocycles. The van der Waals surface area contributed by atoms with Crippen molar-refractivity contribution in [1.29, 1.82) is 0 Å². The predicted octanol–water partition coefficient (Wildman–Crippen LogP) is -13.7. The van der Waals surface area contributed by atoms with Crippen molar-refractivity contribution in [2.45, 2.75) is 0 Å². The van der Waals surface area contributed by atoms with E-state index in [0.717, 1.165) is 0 Å². The average Bonchev–Trinajstić information content (AvgIpc) is 0.722. The molecule has 0 saturated carbocycles. The van der Waals surface area contributed by atoms with Crippen LogP contribution in [0.2, 0.25) is 0 Å². The molecule has 40 valence electrons. The molecule has 3 N–H and O–H groups in total. The summed E-state index contributed by atoms with van der Waals surface area (Å²) >= 11 is -5.35. The van der Waals surface area contributed by atoms with E-state index in [1.807, 2.05) is 0 Å². The van der Waals surface area contributed by atoms with Crippen molar-refractivity contribution in [3.8, 4) is 0 Å². The van der Waals surface area contributed by atoms with Gasteiger partial charge in [-0.1, -0.05) is 0 Å². The fourth-order valence-corrected chi connectivity index (χ4v) is 0. The summed E-state index contributed by atoms with van der Waals surface area (Å²) in [4.78, 5) is 0. The molecule has 9 heteroatoms. The van der Waals surface area contributed by atoms with Gasteiger partial charge in [0.25, 0.3) is 0 Å². The topological polar surface area (TPSA) is 77.8 Å². The third-order valence-electron chi connectivity index (χ3n) is 0. The first-order valence-electron chi connectivity index (χ1n) is 0.783. The predicted molar refractivity (Wildman–Crippen MR) is 17.5 cm³/mol. The zero-order valence-electron chi connectivity index (χ0n) is 10.2. The Morgan fingerprint density at radius 1 is 0.889 bits per heavy atom. The Labute approximate surface area is 153 Å². The van der Waals surface area contributed by atoms with E-state index in [1.54, 1.807) is 0 Å². The molecule has 0 amide bonds. The van der Waals surface area contributed by atoms with Gasteiger partial charge >= 0.3 is 151 Å². The minimum atomic E-state index is -5.35. The molecule has 4 nitrogen and oxygen atoms in total. The fraction of sp³-hybridized carbons (Fsp3) is 0. The van der Waals surface area contributed by atoms with Gasteiger partial charge in [0, 0.05) is 0 Å². The Kier molecular flexibility index (Phi) is 48.6. The van der Waals surface area contributed by atoms with Gasteiger partial charge in [-0.2, -0.15) is 0 Å². The van der Waals surface area contributed by atoms with Gasteiger partial charge in [0.05, 0.1) is 0 Å². The van der Waals surface area contributed by atoms with E-state index in [9.17, 15) is 0 Å². The zero-order valence-corrected chi connectivity index (χ0v) is 16.7. The Balaban J connectivity index is -0.00000000286. The zero-order chi connectivity index (χ0) is 4.50. The third kappa shape index (κ3) is 68.1. The molecular weight excluding hydrogens is 278 g/mol. The van der Waals surface area contributed by atoms with Gasteiger partial charge in [-0.25, -0.2) is 0 Å². The standard InChI is InChI=1S/4Na.3H2O.O.Sb.4H/h;;;;3*1H2;;;;;;/q4*+1;;;;;+3;4*-1/p-3. The average molecular weight is 285 g/mol. The second-order valence-electron chi connectivity index (χ2n) is 0.513. The number of hydrogen-bond acceptors (Lipinski definition) is 1. The van der Waals surface area contributed by atoms with Gasteiger partial charge in [0.15, 0.2) is 0 Å². The van der Waals surface area contributed by atoms with Gasteiger partial charge in [0.2, 0.25) is 0 Å². The van der Waals surface area contributed by atoms with E-state index in [-0.39, 0.29) is 124 Å². The summed E-state index contributed by atoms with van der Waals surface area (Å²) in [6, 6.07) is 0. The van der Waals surface area contributed by atoms with Crippen LogP contribution >= 0.6 is 0 Å². The summed E-state index contributed by atoms with van der Waals surface area (Å²) < 4.78 is 30.8. The van der Waals surface area contributed by atoms with Crippen LogP contribution in [0.3, 0.4) is 0 Å². The first-order chi connectivity index (χ1) is 2.00. The molecule has 0 fully saturated rings. The minimum absolute atomic E-state index is 0. The van der Waals surface area contributed by atoms with E-state index < -0.39 is 20.1 Å². The Morgan fingerprint density at radius 3 is 0.889 bits per heavy atom. The van der Waals surface area contributed by atoms with E-state index in [0.29, 0.717) is 0 Å². The van der Waals surface area contributed by atoms with Crippen LogP contribution in [0.1, 0.15) is 5.71 Å². The molecule has 0 heterocycles. The molecule has 0 rings (SSSR count). The summed E-state index contributed by atoms with van der Waals surface area (Å²) in [5, 5.41) is 0. The van der Waals surface area contributed by atoms with Crippen molar-refractivity contribution >= 4 is 20.1 Å². The summed E-state index contributed by atoms with van der Waals surface area (Å²) in [6.45, 7) is 0. The molecule has 0 aromatic rings. The monoisotopic (exact) mass is 284 g/mol. The van der Waals surface area contributed by atoms with E-state index in [1.165, 1.54) is 0 Å². The Hall–Kier alpha value is 4.50. The van der Waals surface area contributed by atoms with Crippen LogP contribution in [0, 0.1) is 0 Å². The van der Waals surface area contributed by atoms with Crippen LogP contribution in [-0.2, 0) is 3.02 Å². The fourth-order valence-electron chi connectivity index (χ4n) is 0. The summed E-state index contributed by atoms with van der Waals surface area (Å²) in [5.41, 5.74) is 0. The van der Waals surface area contributed by atoms with E-state index in [4.69, 9.17) is 13.2 Å². The van der Waals surface area contributed by atoms with Gasteiger partial charge in [-0.05, 0) is 0 Å². The van der Waals surface area contributed by atoms with Crippen molar-refractivity contribution in [3.05, 3.63) is 0 Å². The third-order valence-corrected chi connectivity index (χ3v) is 0. The molecule has 0 spiro atoms. The number of rotatable bonds is 0. The van der Waals surface area contributed by atoms with E-state index >= 15 is 0 Å². The van der Waals surface area contributed by atoms with Crippen LogP contribution in [0.15, 0.2) is 0 Å². The van der Waals surface area contributed by atoms with Crippen molar-refractivity contribution in [2.75, 3.05) is 0 Å². The maximum atomic E-state index is 8.97. The molecule has 0 aliphatic carbocycles. The first kappa shape index (κ1) is 29.2. The molecule has 0 aromatic carbocycles. The van der Waals surface area contributed by atoms with Crippen LogP contribution < -0.4 is 118 Å². The van der Waals surface area contributed by atoms with Crippen LogP contribution in [0.25, 0.3) is 0 Å². The molecule has 0 aromatic heterocycles. The van der Waals surface area contributed by atoms with Crippen LogP contribution in [0.4, 0.5) is 0 Å². The van der Waals surface area contributed by atoms with Gasteiger partial charge in [-0.3, -0.25) is 0 Å². The Bertz CT molecular complexity index is 70.3. The van der Waals surface area contributed by atoms with Gasteiger partial charge in [-0.15, -0.1) is 0 Å². The molecule has 9 heavy (non-hydrogen) atoms. The second kappa shape index (κ2) is 15.0. The normalized spacial score (nSPS) is 6.56. The molecule has 0 bridgehead atoms. The molecular formula is H7Na4O4Sb. The van der Waals surface area contributed by atoms with Crippen molar-refractivity contribution in [1.82, 2.24) is 0 Å². The van der Waals surface area contributed by atoms with Crippen molar-refractivity contribution in [2.24, 2.45) is 0 Å². The molecule has 0 atom stereocenters. The summed E-state index contributed by atoms with van der Waals surface area (Å²) in [5.74, 6) is 0.